The van der Waals surface area contributed by atoms with Gasteiger partial charge in [-0.05, 0) is 63.2 Å². The summed E-state index contributed by atoms with van der Waals surface area (Å²) in [7, 11) is -10.2. The molecule has 15 nitrogen and oxygen atoms in total. The number of nitrogens with zero attached hydrogens (tertiary/aromatic N) is 6. The third-order valence-electron chi connectivity index (χ3n) is 15.1. The fourth-order valence-corrected chi connectivity index (χ4v) is 14.8. The Hall–Kier alpha value is -10.5. The predicted octanol–water partition coefficient (Wildman–Crippen LogP) is 14.0. The standard InChI is InChI=1S/C27H24N2O4S.C26H24N2O3S.C25H22N2O2S/c1-20(30)33-24-14-12-23(13-15-24)26-17-28-27(25(29-26)16-21-8-4-2-5-9-21)19-34(31,32)18-22-10-6-3-7-11-22;29-17-21-11-13-23(14-12-21)25-16-27-26(24(28-25)15-20-7-3-1-4-8-20)19-32(30,31)18-22-9-5-2-6-10-22;28-30(29,18-21-12-6-2-7-13-21)19-25-23(16-20-10-4-1-5-11-20)27-24(17-26-25)22-14-8-3-9-15-22/h2-15,17H,16,18-19H2,1H3;1-14,16,29H,15,17-19H2;1-15,17H,16,18-19H2. The van der Waals surface area contributed by atoms with E-state index in [1.807, 2.05) is 224 Å². The molecular weight excluding hydrogens is 1260 g/mol. The molecule has 484 valence electrons. The second-order valence-corrected chi connectivity index (χ2v) is 29.0. The lowest BCUT2D eigenvalue weighted by atomic mass is 10.1. The lowest BCUT2D eigenvalue weighted by Gasteiger charge is -2.12. The summed E-state index contributed by atoms with van der Waals surface area (Å²) in [4.78, 5) is 39.1. The van der Waals surface area contributed by atoms with Gasteiger partial charge in [0.15, 0.2) is 29.5 Å². The summed E-state index contributed by atoms with van der Waals surface area (Å²) >= 11 is 0. The first kappa shape index (κ1) is 68.4. The van der Waals surface area contributed by atoms with Crippen LogP contribution in [0.15, 0.2) is 279 Å². The van der Waals surface area contributed by atoms with E-state index < -0.39 is 35.5 Å². The van der Waals surface area contributed by atoms with Gasteiger partial charge in [0.2, 0.25) is 0 Å². The predicted molar refractivity (Wildman–Crippen MR) is 376 cm³/mol. The lowest BCUT2D eigenvalue weighted by Crippen LogP contribution is -2.12. The Morgan fingerprint density at radius 2 is 0.573 bits per heavy atom. The first-order chi connectivity index (χ1) is 46.5. The molecular formula is C78H70N6O9S3. The molecule has 0 aliphatic rings. The molecule has 0 saturated carbocycles. The average molecular weight is 1330 g/mol. The Kier molecular flexibility index (Phi) is 23.5. The van der Waals surface area contributed by atoms with E-state index in [4.69, 9.17) is 19.7 Å². The van der Waals surface area contributed by atoms with E-state index in [0.717, 1.165) is 61.3 Å². The van der Waals surface area contributed by atoms with Gasteiger partial charge in [0.1, 0.15) is 5.75 Å². The average Bonchev–Trinajstić information content (AvgIpc) is 0.868. The fourth-order valence-electron chi connectivity index (χ4n) is 10.4. The zero-order valence-electron chi connectivity index (χ0n) is 52.8. The fraction of sp³-hybridized carbons (Fsp3) is 0.141. The topological polar surface area (TPSA) is 226 Å². The van der Waals surface area contributed by atoms with Crippen LogP contribution in [0.4, 0.5) is 0 Å². The summed E-state index contributed by atoms with van der Waals surface area (Å²) in [5, 5.41) is 9.27. The van der Waals surface area contributed by atoms with Gasteiger partial charge in [-0.2, -0.15) is 0 Å². The number of benzene rings is 9. The van der Waals surface area contributed by atoms with E-state index >= 15 is 0 Å². The van der Waals surface area contributed by atoms with Crippen molar-refractivity contribution in [3.05, 3.63) is 353 Å². The Balaban J connectivity index is 0.000000157. The maximum Gasteiger partial charge on any atom is 0.308 e. The number of sulfone groups is 3. The Bertz CT molecular complexity index is 4840. The van der Waals surface area contributed by atoms with Gasteiger partial charge >= 0.3 is 5.97 Å². The van der Waals surface area contributed by atoms with E-state index in [1.54, 1.807) is 55.0 Å². The number of hydrogen-bond acceptors (Lipinski definition) is 15. The van der Waals surface area contributed by atoms with Gasteiger partial charge in [0, 0.05) is 42.9 Å². The minimum absolute atomic E-state index is 0.0132. The van der Waals surface area contributed by atoms with Crippen molar-refractivity contribution in [1.29, 1.82) is 0 Å². The SMILES string of the molecule is CC(=O)Oc1ccc(-c2cnc(CS(=O)(=O)Cc3ccccc3)c(Cc3ccccc3)n2)cc1.O=S(=O)(Cc1ccccc1)Cc1ncc(-c2ccc(CO)cc2)nc1Cc1ccccc1.O=S(=O)(Cc1ccccc1)Cc1ncc(-c2ccccc2)nc1Cc1ccccc1. The molecule has 0 fully saturated rings. The first-order valence-electron chi connectivity index (χ1n) is 30.9. The number of aliphatic hydroxyl groups excluding tert-OH is 1. The summed E-state index contributed by atoms with van der Waals surface area (Å²) < 4.78 is 82.5. The number of aromatic nitrogens is 6. The highest BCUT2D eigenvalue weighted by atomic mass is 32.2. The summed E-state index contributed by atoms with van der Waals surface area (Å²) in [6.45, 7) is 1.32. The minimum Gasteiger partial charge on any atom is -0.427 e. The molecule has 0 atom stereocenters. The van der Waals surface area contributed by atoms with Crippen molar-refractivity contribution in [3.8, 4) is 39.5 Å². The van der Waals surface area contributed by atoms with Crippen molar-refractivity contribution in [2.24, 2.45) is 0 Å². The van der Waals surface area contributed by atoms with Crippen LogP contribution in [0.1, 0.15) is 80.0 Å². The summed E-state index contributed by atoms with van der Waals surface area (Å²) in [5.74, 6) is -0.545. The zero-order chi connectivity index (χ0) is 67.2. The molecule has 0 unspecified atom stereocenters. The molecule has 3 aromatic heterocycles. The molecule has 0 radical (unpaired) electrons. The largest absolute Gasteiger partial charge is 0.427 e. The van der Waals surface area contributed by atoms with E-state index in [0.29, 0.717) is 70.6 Å². The maximum absolute atomic E-state index is 12.9. The van der Waals surface area contributed by atoms with Crippen molar-refractivity contribution in [1.82, 2.24) is 29.9 Å². The molecule has 0 amide bonds. The number of carbonyl (C=O) groups is 1. The monoisotopic (exact) mass is 1330 g/mol. The highest BCUT2D eigenvalue weighted by molar-refractivity contribution is 7.90. The van der Waals surface area contributed by atoms with Crippen LogP contribution < -0.4 is 4.74 Å². The lowest BCUT2D eigenvalue weighted by molar-refractivity contribution is -0.131. The molecule has 1 N–H and O–H groups in total. The molecule has 18 heteroatoms. The molecule has 12 aromatic rings. The van der Waals surface area contributed by atoms with Crippen LogP contribution in [0, 0.1) is 0 Å². The summed E-state index contributed by atoms with van der Waals surface area (Å²) in [5.41, 5.74) is 14.2. The van der Waals surface area contributed by atoms with Gasteiger partial charge in [0.05, 0.1) is 111 Å². The Morgan fingerprint density at radius 3 is 0.854 bits per heavy atom. The van der Waals surface area contributed by atoms with Crippen LogP contribution >= 0.6 is 0 Å². The van der Waals surface area contributed by atoms with Gasteiger partial charge < -0.3 is 9.84 Å². The van der Waals surface area contributed by atoms with Crippen LogP contribution in [-0.4, -0.2) is 66.2 Å². The van der Waals surface area contributed by atoms with E-state index in [2.05, 4.69) is 15.0 Å². The smallest absolute Gasteiger partial charge is 0.308 e. The van der Waals surface area contributed by atoms with Crippen LogP contribution in [-0.2, 0) is 94.7 Å². The summed E-state index contributed by atoms with van der Waals surface area (Å²) in [6.07, 6.45) is 6.36. The third-order valence-corrected chi connectivity index (χ3v) is 19.6. The van der Waals surface area contributed by atoms with Crippen molar-refractivity contribution in [2.75, 3.05) is 0 Å². The molecule has 12 rings (SSSR count). The molecule has 3 heterocycles. The number of hydrogen-bond donors (Lipinski definition) is 1. The van der Waals surface area contributed by atoms with E-state index in [1.165, 1.54) is 6.92 Å². The van der Waals surface area contributed by atoms with Crippen molar-refractivity contribution in [2.45, 2.75) is 67.3 Å². The normalized spacial score (nSPS) is 11.3. The first-order valence-corrected chi connectivity index (χ1v) is 36.4. The molecule has 9 aromatic carbocycles. The van der Waals surface area contributed by atoms with Crippen LogP contribution in [0.3, 0.4) is 0 Å². The molecule has 0 bridgehead atoms. The van der Waals surface area contributed by atoms with Crippen LogP contribution in [0.5, 0.6) is 5.75 Å². The highest BCUT2D eigenvalue weighted by Gasteiger charge is 2.23. The summed E-state index contributed by atoms with van der Waals surface area (Å²) in [6, 6.07) is 81.2. The van der Waals surface area contributed by atoms with Gasteiger partial charge in [-0.3, -0.25) is 19.7 Å². The van der Waals surface area contributed by atoms with Gasteiger partial charge in [-0.1, -0.05) is 237 Å². The second-order valence-electron chi connectivity index (χ2n) is 22.8. The third kappa shape index (κ3) is 21.0. The number of aliphatic hydroxyl groups is 1. The van der Waals surface area contributed by atoms with Crippen LogP contribution in [0.25, 0.3) is 33.8 Å². The molecule has 0 aliphatic heterocycles. The molecule has 0 spiro atoms. The van der Waals surface area contributed by atoms with E-state index in [-0.39, 0.29) is 41.1 Å². The quantitative estimate of drug-likeness (QED) is 0.0464. The van der Waals surface area contributed by atoms with Gasteiger partial charge in [0.25, 0.3) is 0 Å². The second kappa shape index (κ2) is 33.1. The van der Waals surface area contributed by atoms with E-state index in [9.17, 15) is 35.2 Å². The van der Waals surface area contributed by atoms with Crippen molar-refractivity contribution >= 4 is 35.5 Å². The van der Waals surface area contributed by atoms with Gasteiger partial charge in [-0.15, -0.1) is 0 Å². The molecule has 96 heavy (non-hydrogen) atoms. The number of rotatable bonds is 23. The minimum atomic E-state index is -3.45. The molecule has 0 saturated heterocycles. The maximum atomic E-state index is 12.9. The Labute approximate surface area is 561 Å². The van der Waals surface area contributed by atoms with Crippen molar-refractivity contribution < 1.29 is 39.9 Å². The number of ether oxygens (including phenoxy) is 1. The highest BCUT2D eigenvalue weighted by Crippen LogP contribution is 2.27. The van der Waals surface area contributed by atoms with Gasteiger partial charge in [-0.25, -0.2) is 40.2 Å². The Morgan fingerprint density at radius 1 is 0.312 bits per heavy atom. The number of esters is 1. The van der Waals surface area contributed by atoms with Crippen LogP contribution in [0.2, 0.25) is 0 Å². The van der Waals surface area contributed by atoms with Crippen molar-refractivity contribution in [3.63, 3.8) is 0 Å². The molecule has 0 aliphatic carbocycles. The number of carbonyl (C=O) groups excluding carboxylic acids is 1. The zero-order valence-corrected chi connectivity index (χ0v) is 55.2.